The zero-order valence-electron chi connectivity index (χ0n) is 10.4. The third-order valence-electron chi connectivity index (χ3n) is 2.67. The van der Waals surface area contributed by atoms with Crippen LogP contribution in [0.1, 0.15) is 26.3 Å². The number of halogens is 1. The van der Waals surface area contributed by atoms with Gasteiger partial charge in [-0.3, -0.25) is 4.79 Å². The normalized spacial score (nSPS) is 10.1. The molecule has 0 aromatic heterocycles. The molecule has 0 bridgehead atoms. The Balaban J connectivity index is 2.19. The number of carboxylic acid groups (broad SMARTS) is 1. The van der Waals surface area contributed by atoms with Crippen LogP contribution in [-0.2, 0) is 6.61 Å². The largest absolute Gasteiger partial charge is 0.489 e. The SMILES string of the molecule is O=Cc1cc(F)cc(OCc2ccccc2C(=O)O)c1. The van der Waals surface area contributed by atoms with Crippen LogP contribution in [0.5, 0.6) is 5.75 Å². The third kappa shape index (κ3) is 3.20. The van der Waals surface area contributed by atoms with Gasteiger partial charge in [-0.1, -0.05) is 18.2 Å². The summed E-state index contributed by atoms with van der Waals surface area (Å²) in [6.07, 6.45) is 0.515. The Morgan fingerprint density at radius 3 is 2.70 bits per heavy atom. The highest BCUT2D eigenvalue weighted by Gasteiger charge is 2.10. The lowest BCUT2D eigenvalue weighted by Crippen LogP contribution is -2.05. The van der Waals surface area contributed by atoms with Crippen molar-refractivity contribution in [1.29, 1.82) is 0 Å². The molecule has 5 heteroatoms. The van der Waals surface area contributed by atoms with Crippen LogP contribution in [0.4, 0.5) is 4.39 Å². The molecule has 2 aromatic rings. The summed E-state index contributed by atoms with van der Waals surface area (Å²) in [5.41, 5.74) is 0.753. The van der Waals surface area contributed by atoms with E-state index in [1.165, 1.54) is 12.1 Å². The van der Waals surface area contributed by atoms with E-state index in [4.69, 9.17) is 9.84 Å². The molecule has 0 saturated carbocycles. The van der Waals surface area contributed by atoms with Gasteiger partial charge in [0.05, 0.1) is 5.56 Å². The maximum Gasteiger partial charge on any atom is 0.336 e. The van der Waals surface area contributed by atoms with Gasteiger partial charge in [0.2, 0.25) is 0 Å². The Morgan fingerprint density at radius 1 is 1.25 bits per heavy atom. The minimum Gasteiger partial charge on any atom is -0.489 e. The first-order valence-corrected chi connectivity index (χ1v) is 5.80. The van der Waals surface area contributed by atoms with E-state index in [1.54, 1.807) is 18.2 Å². The van der Waals surface area contributed by atoms with Crippen LogP contribution in [0.15, 0.2) is 42.5 Å². The van der Waals surface area contributed by atoms with Gasteiger partial charge in [-0.25, -0.2) is 9.18 Å². The summed E-state index contributed by atoms with van der Waals surface area (Å²) in [5.74, 6) is -1.47. The molecule has 0 spiro atoms. The molecule has 0 atom stereocenters. The number of aromatic carboxylic acids is 1. The molecule has 0 amide bonds. The Bertz CT molecular complexity index is 652. The van der Waals surface area contributed by atoms with Crippen molar-refractivity contribution in [2.24, 2.45) is 0 Å². The van der Waals surface area contributed by atoms with E-state index in [0.717, 1.165) is 12.1 Å². The molecule has 2 rings (SSSR count). The molecule has 0 radical (unpaired) electrons. The van der Waals surface area contributed by atoms with E-state index >= 15 is 0 Å². The summed E-state index contributed by atoms with van der Waals surface area (Å²) >= 11 is 0. The van der Waals surface area contributed by atoms with E-state index < -0.39 is 11.8 Å². The third-order valence-corrected chi connectivity index (χ3v) is 2.67. The standard InChI is InChI=1S/C15H11FO4/c16-12-5-10(8-17)6-13(7-12)20-9-11-3-1-2-4-14(11)15(18)19/h1-8H,9H2,(H,18,19). The average Bonchev–Trinajstić information content (AvgIpc) is 2.44. The predicted molar refractivity (Wildman–Crippen MR) is 69.5 cm³/mol. The number of carbonyl (C=O) groups excluding carboxylic acids is 1. The van der Waals surface area contributed by atoms with Crippen LogP contribution < -0.4 is 4.74 Å². The van der Waals surface area contributed by atoms with E-state index in [0.29, 0.717) is 11.8 Å². The molecular weight excluding hydrogens is 263 g/mol. The summed E-state index contributed by atoms with van der Waals surface area (Å²) in [6.45, 7) is -0.0236. The van der Waals surface area contributed by atoms with Crippen LogP contribution in [-0.4, -0.2) is 17.4 Å². The molecule has 20 heavy (non-hydrogen) atoms. The Labute approximate surface area is 114 Å². The fraction of sp³-hybridized carbons (Fsp3) is 0.0667. The van der Waals surface area contributed by atoms with Crippen LogP contribution >= 0.6 is 0 Å². The molecule has 0 heterocycles. The Kier molecular flexibility index (Phi) is 4.10. The van der Waals surface area contributed by atoms with Crippen molar-refractivity contribution in [3.8, 4) is 5.75 Å². The lowest BCUT2D eigenvalue weighted by molar-refractivity contribution is 0.0693. The second-order valence-electron chi connectivity index (χ2n) is 4.09. The number of benzene rings is 2. The topological polar surface area (TPSA) is 63.6 Å². The first-order valence-electron chi connectivity index (χ1n) is 5.80. The van der Waals surface area contributed by atoms with Crippen LogP contribution in [0.3, 0.4) is 0 Å². The number of aldehydes is 1. The number of carboxylic acids is 1. The van der Waals surface area contributed by atoms with Crippen molar-refractivity contribution in [2.75, 3.05) is 0 Å². The van der Waals surface area contributed by atoms with Crippen molar-refractivity contribution in [1.82, 2.24) is 0 Å². The molecule has 0 fully saturated rings. The summed E-state index contributed by atoms with van der Waals surface area (Å²) in [7, 11) is 0. The summed E-state index contributed by atoms with van der Waals surface area (Å²) < 4.78 is 18.6. The first kappa shape index (κ1) is 13.7. The fourth-order valence-electron chi connectivity index (χ4n) is 1.75. The van der Waals surface area contributed by atoms with Crippen molar-refractivity contribution in [3.05, 3.63) is 65.0 Å². The Hall–Kier alpha value is -2.69. The highest BCUT2D eigenvalue weighted by Crippen LogP contribution is 2.18. The first-order chi connectivity index (χ1) is 9.60. The van der Waals surface area contributed by atoms with Crippen LogP contribution in [0.25, 0.3) is 0 Å². The van der Waals surface area contributed by atoms with Gasteiger partial charge in [-0.2, -0.15) is 0 Å². The summed E-state index contributed by atoms with van der Waals surface area (Å²) in [4.78, 5) is 21.7. The number of carbonyl (C=O) groups is 2. The van der Waals surface area contributed by atoms with Gasteiger partial charge in [0.15, 0.2) is 0 Å². The van der Waals surface area contributed by atoms with Gasteiger partial charge in [-0.15, -0.1) is 0 Å². The zero-order chi connectivity index (χ0) is 14.5. The second kappa shape index (κ2) is 5.97. The predicted octanol–water partition coefficient (Wildman–Crippen LogP) is 2.92. The summed E-state index contributed by atoms with van der Waals surface area (Å²) in [5, 5.41) is 9.03. The molecule has 0 aliphatic heterocycles. The lowest BCUT2D eigenvalue weighted by atomic mass is 10.1. The van der Waals surface area contributed by atoms with Crippen molar-refractivity contribution in [2.45, 2.75) is 6.61 Å². The maximum absolute atomic E-state index is 13.2. The van der Waals surface area contributed by atoms with Gasteiger partial charge < -0.3 is 9.84 Å². The number of hydrogen-bond acceptors (Lipinski definition) is 3. The molecule has 2 aromatic carbocycles. The van der Waals surface area contributed by atoms with Gasteiger partial charge in [0.25, 0.3) is 0 Å². The van der Waals surface area contributed by atoms with E-state index in [1.807, 2.05) is 0 Å². The highest BCUT2D eigenvalue weighted by molar-refractivity contribution is 5.89. The van der Waals surface area contributed by atoms with Crippen LogP contribution in [0, 0.1) is 5.82 Å². The molecule has 1 N–H and O–H groups in total. The maximum atomic E-state index is 13.2. The van der Waals surface area contributed by atoms with Crippen molar-refractivity contribution >= 4 is 12.3 Å². The summed E-state index contributed by atoms with van der Waals surface area (Å²) in [6, 6.07) is 9.99. The average molecular weight is 274 g/mol. The quantitative estimate of drug-likeness (QED) is 0.851. The fourth-order valence-corrected chi connectivity index (χ4v) is 1.75. The number of ether oxygens (including phenoxy) is 1. The highest BCUT2D eigenvalue weighted by atomic mass is 19.1. The second-order valence-corrected chi connectivity index (χ2v) is 4.09. The monoisotopic (exact) mass is 274 g/mol. The number of hydrogen-bond donors (Lipinski definition) is 1. The number of rotatable bonds is 5. The van der Waals surface area contributed by atoms with Crippen molar-refractivity contribution in [3.63, 3.8) is 0 Å². The van der Waals surface area contributed by atoms with Gasteiger partial charge in [0.1, 0.15) is 24.5 Å². The van der Waals surface area contributed by atoms with E-state index in [-0.39, 0.29) is 23.5 Å². The molecule has 0 unspecified atom stereocenters. The molecule has 102 valence electrons. The lowest BCUT2D eigenvalue weighted by Gasteiger charge is -2.09. The minimum absolute atomic E-state index is 0.0236. The van der Waals surface area contributed by atoms with E-state index in [2.05, 4.69) is 0 Å². The van der Waals surface area contributed by atoms with Crippen molar-refractivity contribution < 1.29 is 23.8 Å². The van der Waals surface area contributed by atoms with Crippen LogP contribution in [0.2, 0.25) is 0 Å². The Morgan fingerprint density at radius 2 is 2.00 bits per heavy atom. The zero-order valence-corrected chi connectivity index (χ0v) is 10.4. The van der Waals surface area contributed by atoms with Gasteiger partial charge >= 0.3 is 5.97 Å². The molecule has 0 aliphatic carbocycles. The molecular formula is C15H11FO4. The molecule has 0 aliphatic rings. The van der Waals surface area contributed by atoms with Gasteiger partial charge in [-0.05, 0) is 18.2 Å². The molecule has 4 nitrogen and oxygen atoms in total. The molecule has 0 saturated heterocycles. The van der Waals surface area contributed by atoms with E-state index in [9.17, 15) is 14.0 Å². The van der Waals surface area contributed by atoms with Gasteiger partial charge in [0, 0.05) is 17.2 Å². The minimum atomic E-state index is -1.06. The smallest absolute Gasteiger partial charge is 0.336 e.